The van der Waals surface area contributed by atoms with Crippen molar-refractivity contribution in [2.24, 2.45) is 0 Å². The van der Waals surface area contributed by atoms with Crippen molar-refractivity contribution in [1.82, 2.24) is 9.97 Å². The third-order valence-electron chi connectivity index (χ3n) is 3.63. The minimum absolute atomic E-state index is 0.0250. The fourth-order valence-corrected chi connectivity index (χ4v) is 2.43. The number of fused-ring (bicyclic) bond motifs is 1. The number of aromatic amines is 1. The third-order valence-corrected chi connectivity index (χ3v) is 3.63. The summed E-state index contributed by atoms with van der Waals surface area (Å²) in [4.78, 5) is 30.4. The van der Waals surface area contributed by atoms with Crippen LogP contribution in [0, 0.1) is 0 Å². The molecule has 0 radical (unpaired) electrons. The number of rotatable bonds is 5. The van der Waals surface area contributed by atoms with E-state index in [9.17, 15) is 14.7 Å². The summed E-state index contributed by atoms with van der Waals surface area (Å²) < 4.78 is 5.18. The molecule has 3 rings (SSSR count). The first-order valence-corrected chi connectivity index (χ1v) is 7.15. The van der Waals surface area contributed by atoms with Gasteiger partial charge in [-0.15, -0.1) is 0 Å². The van der Waals surface area contributed by atoms with Crippen molar-refractivity contribution in [2.75, 3.05) is 7.11 Å². The van der Waals surface area contributed by atoms with Crippen molar-refractivity contribution in [3.05, 3.63) is 65.6 Å². The van der Waals surface area contributed by atoms with E-state index in [1.165, 1.54) is 31.7 Å². The lowest BCUT2D eigenvalue weighted by Gasteiger charge is -2.00. The molecule has 0 aliphatic carbocycles. The summed E-state index contributed by atoms with van der Waals surface area (Å²) in [6.07, 6.45) is 5.91. The van der Waals surface area contributed by atoms with Gasteiger partial charge < -0.3 is 14.8 Å². The van der Waals surface area contributed by atoms with Gasteiger partial charge in [-0.25, -0.2) is 4.79 Å². The number of ketones is 1. The van der Waals surface area contributed by atoms with E-state index in [4.69, 9.17) is 4.74 Å². The highest BCUT2D eigenvalue weighted by molar-refractivity contribution is 6.09. The summed E-state index contributed by atoms with van der Waals surface area (Å²) in [7, 11) is 1.54. The lowest BCUT2D eigenvalue weighted by atomic mass is 10.1. The number of pyridine rings is 1. The predicted octanol–water partition coefficient (Wildman–Crippen LogP) is 3.17. The first-order chi connectivity index (χ1) is 11.6. The van der Waals surface area contributed by atoms with E-state index in [-0.39, 0.29) is 11.5 Å². The van der Waals surface area contributed by atoms with E-state index in [2.05, 4.69) is 9.97 Å². The van der Waals surface area contributed by atoms with Gasteiger partial charge in [-0.3, -0.25) is 9.78 Å². The van der Waals surface area contributed by atoms with Crippen LogP contribution in [-0.4, -0.2) is 33.9 Å². The molecule has 0 bridgehead atoms. The van der Waals surface area contributed by atoms with Gasteiger partial charge in [0.25, 0.3) is 0 Å². The predicted molar refractivity (Wildman–Crippen MR) is 89.4 cm³/mol. The van der Waals surface area contributed by atoms with Gasteiger partial charge in [0.2, 0.25) is 0 Å². The number of allylic oxidation sites excluding steroid dienone is 1. The summed E-state index contributed by atoms with van der Waals surface area (Å²) in [5.41, 5.74) is 1.59. The lowest BCUT2D eigenvalue weighted by Crippen LogP contribution is -1.99. The highest BCUT2D eigenvalue weighted by Gasteiger charge is 2.16. The molecule has 24 heavy (non-hydrogen) atoms. The van der Waals surface area contributed by atoms with Crippen LogP contribution in [0.15, 0.2) is 48.8 Å². The standard InChI is InChI=1S/C18H14N2O4/c1-24-12-2-4-15-14(10-12)13(17(20-15)18(22)23)3-5-16(21)11-6-8-19-9-7-11/h2-10,20H,1H3,(H,22,23)/b5-3+. The van der Waals surface area contributed by atoms with Crippen LogP contribution >= 0.6 is 0 Å². The van der Waals surface area contributed by atoms with Gasteiger partial charge in [-0.05, 0) is 42.5 Å². The molecule has 0 amide bonds. The van der Waals surface area contributed by atoms with Crippen LogP contribution in [0.1, 0.15) is 26.4 Å². The molecule has 6 heteroatoms. The lowest BCUT2D eigenvalue weighted by molar-refractivity contribution is 0.0691. The van der Waals surface area contributed by atoms with E-state index in [1.54, 1.807) is 30.3 Å². The number of carbonyl (C=O) groups excluding carboxylic acids is 1. The van der Waals surface area contributed by atoms with E-state index in [0.29, 0.717) is 27.8 Å². The maximum Gasteiger partial charge on any atom is 0.352 e. The molecule has 0 unspecified atom stereocenters. The number of methoxy groups -OCH3 is 1. The first kappa shape index (κ1) is 15.5. The average Bonchev–Trinajstić information content (AvgIpc) is 2.98. The highest BCUT2D eigenvalue weighted by atomic mass is 16.5. The van der Waals surface area contributed by atoms with Gasteiger partial charge in [0.05, 0.1) is 7.11 Å². The second-order valence-electron chi connectivity index (χ2n) is 5.06. The molecule has 2 aromatic heterocycles. The molecular weight excluding hydrogens is 308 g/mol. The number of hydrogen-bond donors (Lipinski definition) is 2. The van der Waals surface area contributed by atoms with E-state index < -0.39 is 5.97 Å². The average molecular weight is 322 g/mol. The molecule has 3 aromatic rings. The number of carboxylic acids is 1. The van der Waals surface area contributed by atoms with Crippen LogP contribution in [0.25, 0.3) is 17.0 Å². The fourth-order valence-electron chi connectivity index (χ4n) is 2.43. The Bertz CT molecular complexity index is 942. The highest BCUT2D eigenvalue weighted by Crippen LogP contribution is 2.28. The molecule has 2 N–H and O–H groups in total. The van der Waals surface area contributed by atoms with Gasteiger partial charge in [0, 0.05) is 34.4 Å². The van der Waals surface area contributed by atoms with E-state index in [0.717, 1.165) is 0 Å². The van der Waals surface area contributed by atoms with Crippen molar-refractivity contribution < 1.29 is 19.4 Å². The Morgan fingerprint density at radius 3 is 2.62 bits per heavy atom. The third kappa shape index (κ3) is 2.89. The smallest absolute Gasteiger partial charge is 0.352 e. The number of nitrogens with zero attached hydrogens (tertiary/aromatic N) is 1. The van der Waals surface area contributed by atoms with Crippen molar-refractivity contribution in [1.29, 1.82) is 0 Å². The van der Waals surface area contributed by atoms with Crippen LogP contribution in [-0.2, 0) is 0 Å². The Morgan fingerprint density at radius 1 is 1.21 bits per heavy atom. The summed E-state index contributed by atoms with van der Waals surface area (Å²) in [6, 6.07) is 8.41. The van der Waals surface area contributed by atoms with Crippen LogP contribution < -0.4 is 4.74 Å². The van der Waals surface area contributed by atoms with Gasteiger partial charge >= 0.3 is 5.97 Å². The number of ether oxygens (including phenoxy) is 1. The number of hydrogen-bond acceptors (Lipinski definition) is 4. The molecule has 1 aromatic carbocycles. The zero-order chi connectivity index (χ0) is 17.1. The van der Waals surface area contributed by atoms with Crippen molar-refractivity contribution >= 4 is 28.7 Å². The van der Waals surface area contributed by atoms with Gasteiger partial charge in [0.15, 0.2) is 5.78 Å². The molecule has 120 valence electrons. The largest absolute Gasteiger partial charge is 0.497 e. The molecular formula is C18H14N2O4. The van der Waals surface area contributed by atoms with Crippen LogP contribution in [0.5, 0.6) is 5.75 Å². The molecule has 2 heterocycles. The molecule has 0 saturated carbocycles. The Labute approximate surface area is 137 Å². The van der Waals surface area contributed by atoms with Gasteiger partial charge in [0.1, 0.15) is 11.4 Å². The molecule has 0 spiro atoms. The van der Waals surface area contributed by atoms with E-state index >= 15 is 0 Å². The number of carboxylic acid groups (broad SMARTS) is 1. The monoisotopic (exact) mass is 322 g/mol. The number of carbonyl (C=O) groups is 2. The van der Waals surface area contributed by atoms with E-state index in [1.807, 2.05) is 0 Å². The zero-order valence-electron chi connectivity index (χ0n) is 12.8. The van der Waals surface area contributed by atoms with Crippen LogP contribution in [0.4, 0.5) is 0 Å². The summed E-state index contributed by atoms with van der Waals surface area (Å²) >= 11 is 0. The molecule has 0 fully saturated rings. The number of nitrogens with one attached hydrogen (secondary N) is 1. The Kier molecular flexibility index (Phi) is 4.11. The minimum Gasteiger partial charge on any atom is -0.497 e. The molecule has 0 atom stereocenters. The maximum absolute atomic E-state index is 12.2. The summed E-state index contributed by atoms with van der Waals surface area (Å²) in [5.74, 6) is -0.722. The van der Waals surface area contributed by atoms with Crippen molar-refractivity contribution in [2.45, 2.75) is 0 Å². The van der Waals surface area contributed by atoms with Crippen molar-refractivity contribution in [3.63, 3.8) is 0 Å². The molecule has 0 aliphatic rings. The second-order valence-corrected chi connectivity index (χ2v) is 5.06. The summed E-state index contributed by atoms with van der Waals surface area (Å²) in [6.45, 7) is 0. The number of H-pyrrole nitrogens is 1. The Hall–Kier alpha value is -3.41. The minimum atomic E-state index is -1.10. The number of benzene rings is 1. The number of aromatic nitrogens is 2. The first-order valence-electron chi connectivity index (χ1n) is 7.15. The maximum atomic E-state index is 12.2. The Morgan fingerprint density at radius 2 is 1.96 bits per heavy atom. The zero-order valence-corrected chi connectivity index (χ0v) is 12.8. The topological polar surface area (TPSA) is 92.3 Å². The summed E-state index contributed by atoms with van der Waals surface area (Å²) in [5, 5.41) is 10.1. The quantitative estimate of drug-likeness (QED) is 0.556. The molecule has 0 saturated heterocycles. The van der Waals surface area contributed by atoms with Crippen LogP contribution in [0.2, 0.25) is 0 Å². The number of aromatic carboxylic acids is 1. The van der Waals surface area contributed by atoms with Crippen LogP contribution in [0.3, 0.4) is 0 Å². The fraction of sp³-hybridized carbons (Fsp3) is 0.0556. The van der Waals surface area contributed by atoms with Crippen molar-refractivity contribution in [3.8, 4) is 5.75 Å². The second kappa shape index (κ2) is 6.37. The molecule has 6 nitrogen and oxygen atoms in total. The normalized spacial score (nSPS) is 11.0. The van der Waals surface area contributed by atoms with Gasteiger partial charge in [-0.1, -0.05) is 0 Å². The van der Waals surface area contributed by atoms with Gasteiger partial charge in [-0.2, -0.15) is 0 Å². The molecule has 0 aliphatic heterocycles. The Balaban J connectivity index is 2.06. The SMILES string of the molecule is COc1ccc2[nH]c(C(=O)O)c(/C=C/C(=O)c3ccncc3)c2c1.